The molecule has 6 heteroatoms. The first-order valence-electron chi connectivity index (χ1n) is 6.40. The number of ether oxygens (including phenoxy) is 2. The highest BCUT2D eigenvalue weighted by molar-refractivity contribution is 5.53. The monoisotopic (exact) mass is 303 g/mol. The van der Waals surface area contributed by atoms with Gasteiger partial charge in [0.05, 0.1) is 18.1 Å². The van der Waals surface area contributed by atoms with Crippen LogP contribution in [-0.4, -0.2) is 18.8 Å². The first-order valence-corrected chi connectivity index (χ1v) is 6.40. The molecule has 0 saturated carbocycles. The Hall–Kier alpha value is -2.89. The molecule has 116 valence electrons. The highest BCUT2D eigenvalue weighted by Crippen LogP contribution is 2.34. The number of nitro benzene ring substituents is 1. The van der Waals surface area contributed by atoms with Gasteiger partial charge in [0.2, 0.25) is 0 Å². The van der Waals surface area contributed by atoms with Gasteiger partial charge in [-0.3, -0.25) is 10.1 Å². The normalized spacial score (nSPS) is 9.36. The van der Waals surface area contributed by atoms with Crippen molar-refractivity contribution < 1.29 is 19.2 Å². The van der Waals surface area contributed by atoms with Crippen molar-refractivity contribution in [2.75, 3.05) is 7.11 Å². The van der Waals surface area contributed by atoms with Crippen molar-refractivity contribution in [1.29, 1.82) is 0 Å². The molecule has 0 bridgehead atoms. The van der Waals surface area contributed by atoms with Gasteiger partial charge in [0.1, 0.15) is 13.4 Å². The molecular weight excluding hydrogens is 286 g/mol. The van der Waals surface area contributed by atoms with Crippen molar-refractivity contribution in [3.63, 3.8) is 0 Å². The second-order valence-corrected chi connectivity index (χ2v) is 4.32. The molecule has 2 aromatic rings. The maximum Gasteiger partial charge on any atom is 0.276 e. The van der Waals surface area contributed by atoms with Crippen LogP contribution in [0.2, 0.25) is 0 Å². The van der Waals surface area contributed by atoms with Gasteiger partial charge in [-0.2, -0.15) is 0 Å². The molecule has 22 heavy (non-hydrogen) atoms. The summed E-state index contributed by atoms with van der Waals surface area (Å²) in [6.07, 6.45) is 0. The summed E-state index contributed by atoms with van der Waals surface area (Å²) >= 11 is 0. The minimum atomic E-state index is -0.426. The molecule has 0 fully saturated rings. The minimum Gasteiger partial charge on any atom is -0.493 e. The Morgan fingerprint density at radius 2 is 1.77 bits per heavy atom. The van der Waals surface area contributed by atoms with Crippen LogP contribution < -0.4 is 9.47 Å². The van der Waals surface area contributed by atoms with E-state index in [2.05, 4.69) is 0 Å². The van der Waals surface area contributed by atoms with Gasteiger partial charge in [-0.15, -0.1) is 0 Å². The fourth-order valence-corrected chi connectivity index (χ4v) is 1.86. The Morgan fingerprint density at radius 3 is 2.32 bits per heavy atom. The lowest BCUT2D eigenvalue weighted by atomic mass is 10.2. The zero-order chi connectivity index (χ0) is 16.5. The van der Waals surface area contributed by atoms with Gasteiger partial charge in [-0.05, 0) is 18.6 Å². The molecule has 0 unspecified atom stereocenters. The van der Waals surface area contributed by atoms with E-state index in [1.54, 1.807) is 13.0 Å². The van der Waals surface area contributed by atoms with E-state index in [-0.39, 0.29) is 5.69 Å². The number of rotatable bonds is 5. The molecule has 6 nitrogen and oxygen atoms in total. The van der Waals surface area contributed by atoms with Gasteiger partial charge in [0.25, 0.3) is 5.69 Å². The quantitative estimate of drug-likeness (QED) is 0.625. The number of carbonyl (C=O) groups is 1. The highest BCUT2D eigenvalue weighted by Gasteiger charge is 2.16. The number of aryl methyl sites for hydroxylation is 1. The third-order valence-electron chi connectivity index (χ3n) is 2.92. The molecule has 0 atom stereocenters. The molecule has 0 N–H and O–H groups in total. The van der Waals surface area contributed by atoms with Gasteiger partial charge in [-0.1, -0.05) is 30.3 Å². The van der Waals surface area contributed by atoms with Crippen LogP contribution in [0.5, 0.6) is 11.5 Å². The summed E-state index contributed by atoms with van der Waals surface area (Å²) < 4.78 is 10.8. The van der Waals surface area contributed by atoms with Gasteiger partial charge < -0.3 is 14.3 Å². The second-order valence-electron chi connectivity index (χ2n) is 4.32. The summed E-state index contributed by atoms with van der Waals surface area (Å²) in [5, 5.41) is 11.0. The maximum absolute atomic E-state index is 11.0. The van der Waals surface area contributed by atoms with E-state index < -0.39 is 4.92 Å². The first-order chi connectivity index (χ1) is 10.6. The fourth-order valence-electron chi connectivity index (χ4n) is 1.86. The Balaban J connectivity index is 0.00000116. The molecule has 0 aliphatic rings. The lowest BCUT2D eigenvalue weighted by Crippen LogP contribution is -2.00. The van der Waals surface area contributed by atoms with Crippen LogP contribution in [0.25, 0.3) is 0 Å². The van der Waals surface area contributed by atoms with Crippen LogP contribution in [0.1, 0.15) is 11.1 Å². The fraction of sp³-hybridized carbons (Fsp3) is 0.188. The Bertz CT molecular complexity index is 628. The van der Waals surface area contributed by atoms with Crippen LogP contribution in [0, 0.1) is 17.0 Å². The molecule has 0 aliphatic carbocycles. The topological polar surface area (TPSA) is 78.7 Å². The molecule has 0 saturated heterocycles. The van der Waals surface area contributed by atoms with Gasteiger partial charge >= 0.3 is 0 Å². The third kappa shape index (κ3) is 4.31. The van der Waals surface area contributed by atoms with Crippen molar-refractivity contribution in [3.8, 4) is 11.5 Å². The number of benzene rings is 2. The second kappa shape index (κ2) is 8.41. The zero-order valence-electron chi connectivity index (χ0n) is 12.4. The van der Waals surface area contributed by atoms with Crippen molar-refractivity contribution in [2.45, 2.75) is 13.5 Å². The lowest BCUT2D eigenvalue weighted by molar-refractivity contribution is -0.385. The van der Waals surface area contributed by atoms with Crippen LogP contribution >= 0.6 is 0 Å². The van der Waals surface area contributed by atoms with E-state index >= 15 is 0 Å². The number of hydrogen-bond acceptors (Lipinski definition) is 5. The highest BCUT2D eigenvalue weighted by atomic mass is 16.6. The van der Waals surface area contributed by atoms with Gasteiger partial charge in [0, 0.05) is 5.56 Å². The Morgan fingerprint density at radius 1 is 1.14 bits per heavy atom. The number of hydrogen-bond donors (Lipinski definition) is 0. The molecule has 0 aliphatic heterocycles. The number of methoxy groups -OCH3 is 1. The number of carbonyl (C=O) groups excluding carboxylic acids is 1. The van der Waals surface area contributed by atoms with Crippen LogP contribution in [0.15, 0.2) is 42.5 Å². The Kier molecular flexibility index (Phi) is 6.56. The van der Waals surface area contributed by atoms with Crippen LogP contribution in [0.4, 0.5) is 5.69 Å². The number of nitrogens with zero attached hydrogens (tertiary/aromatic N) is 1. The smallest absolute Gasteiger partial charge is 0.276 e. The average molecular weight is 303 g/mol. The average Bonchev–Trinajstić information content (AvgIpc) is 2.55. The van der Waals surface area contributed by atoms with E-state index in [9.17, 15) is 10.1 Å². The Labute approximate surface area is 128 Å². The van der Waals surface area contributed by atoms with Crippen LogP contribution in [0.3, 0.4) is 0 Å². The van der Waals surface area contributed by atoms with Crippen molar-refractivity contribution in [3.05, 3.63) is 63.7 Å². The summed E-state index contributed by atoms with van der Waals surface area (Å²) in [5.41, 5.74) is 1.55. The van der Waals surface area contributed by atoms with Gasteiger partial charge in [-0.25, -0.2) is 0 Å². The molecule has 0 heterocycles. The summed E-state index contributed by atoms with van der Waals surface area (Å²) in [6, 6.07) is 12.6. The molecule has 0 spiro atoms. The first kappa shape index (κ1) is 17.2. The molecule has 0 aromatic heterocycles. The number of nitro groups is 1. The minimum absolute atomic E-state index is 0.0221. The van der Waals surface area contributed by atoms with E-state index in [0.717, 1.165) is 5.56 Å². The summed E-state index contributed by atoms with van der Waals surface area (Å²) in [6.45, 7) is 4.00. The van der Waals surface area contributed by atoms with Crippen LogP contribution in [-0.2, 0) is 11.4 Å². The van der Waals surface area contributed by atoms with Gasteiger partial charge in [0.15, 0.2) is 11.5 Å². The predicted octanol–water partition coefficient (Wildman–Crippen LogP) is 3.31. The van der Waals surface area contributed by atoms with Crippen molar-refractivity contribution in [1.82, 2.24) is 0 Å². The standard InChI is InChI=1S/C15H15NO4.CH2O/c1-11-8-14(19-2)15(9-13(11)16(17)18)20-10-12-6-4-3-5-7-12;1-2/h3-9H,10H2,1-2H3;1H2. The largest absolute Gasteiger partial charge is 0.493 e. The van der Waals surface area contributed by atoms with E-state index in [1.807, 2.05) is 37.1 Å². The molecular formula is C16H17NO5. The maximum atomic E-state index is 11.0. The summed E-state index contributed by atoms with van der Waals surface area (Å²) in [4.78, 5) is 18.5. The summed E-state index contributed by atoms with van der Waals surface area (Å²) in [5.74, 6) is 0.859. The molecule has 2 aromatic carbocycles. The molecule has 0 radical (unpaired) electrons. The molecule has 2 rings (SSSR count). The van der Waals surface area contributed by atoms with Crippen molar-refractivity contribution in [2.24, 2.45) is 0 Å². The SMILES string of the molecule is C=O.COc1cc(C)c([N+](=O)[O-])cc1OCc1ccccc1. The zero-order valence-corrected chi connectivity index (χ0v) is 12.4. The van der Waals surface area contributed by atoms with E-state index in [1.165, 1.54) is 13.2 Å². The predicted molar refractivity (Wildman–Crippen MR) is 82.3 cm³/mol. The summed E-state index contributed by atoms with van der Waals surface area (Å²) in [7, 11) is 1.51. The third-order valence-corrected chi connectivity index (χ3v) is 2.92. The van der Waals surface area contributed by atoms with Crippen molar-refractivity contribution >= 4 is 12.5 Å². The molecule has 0 amide bonds. The lowest BCUT2D eigenvalue weighted by Gasteiger charge is -2.11. The van der Waals surface area contributed by atoms with E-state index in [4.69, 9.17) is 14.3 Å². The van der Waals surface area contributed by atoms with E-state index in [0.29, 0.717) is 23.7 Å².